The van der Waals surface area contributed by atoms with Crippen molar-refractivity contribution in [3.8, 4) is 5.75 Å². The molecule has 4 amide bonds. The molecule has 0 radical (unpaired) electrons. The summed E-state index contributed by atoms with van der Waals surface area (Å²) in [6, 6.07) is 5.50. The maximum atomic E-state index is 14.1. The molecule has 40 heavy (non-hydrogen) atoms. The van der Waals surface area contributed by atoms with Crippen molar-refractivity contribution < 1.29 is 23.9 Å². The minimum atomic E-state index is -0.417. The third-order valence-corrected chi connectivity index (χ3v) is 9.11. The molecule has 1 aliphatic carbocycles. The topological polar surface area (TPSA) is 121 Å². The van der Waals surface area contributed by atoms with Crippen molar-refractivity contribution in [2.75, 3.05) is 33.2 Å². The highest BCUT2D eigenvalue weighted by molar-refractivity contribution is 7.11. The number of amides is 4. The van der Waals surface area contributed by atoms with Crippen LogP contribution >= 0.6 is 11.3 Å². The lowest BCUT2D eigenvalue weighted by atomic mass is 9.77. The number of fused-ring (bicyclic) bond motifs is 1. The van der Waals surface area contributed by atoms with Crippen LogP contribution in [-0.2, 0) is 20.8 Å². The molecule has 0 bridgehead atoms. The Hall–Kier alpha value is -3.47. The molecule has 1 aromatic heterocycles. The highest BCUT2D eigenvalue weighted by Gasteiger charge is 2.42. The van der Waals surface area contributed by atoms with E-state index in [4.69, 9.17) is 4.74 Å². The molecule has 2 aliphatic heterocycles. The van der Waals surface area contributed by atoms with Gasteiger partial charge in [0.2, 0.25) is 17.7 Å². The molecule has 1 saturated heterocycles. The summed E-state index contributed by atoms with van der Waals surface area (Å²) in [5.74, 6) is -0.392. The Balaban J connectivity index is 1.39. The van der Waals surface area contributed by atoms with E-state index in [9.17, 15) is 19.2 Å². The van der Waals surface area contributed by atoms with Crippen LogP contribution in [0.1, 0.15) is 65.9 Å². The van der Waals surface area contributed by atoms with Crippen LogP contribution in [-0.4, -0.2) is 77.7 Å². The van der Waals surface area contributed by atoms with Gasteiger partial charge in [0.15, 0.2) is 0 Å². The summed E-state index contributed by atoms with van der Waals surface area (Å²) < 4.78 is 6.54. The van der Waals surface area contributed by atoms with Crippen LogP contribution in [0.25, 0.3) is 0 Å². The normalized spacial score (nSPS) is 24.2. The fourth-order valence-electron chi connectivity index (χ4n) is 6.36. The van der Waals surface area contributed by atoms with Crippen molar-refractivity contribution in [1.82, 2.24) is 25.4 Å². The minimum absolute atomic E-state index is 0.0358. The highest BCUT2D eigenvalue weighted by Crippen LogP contribution is 2.40. The van der Waals surface area contributed by atoms with Gasteiger partial charge in [-0.1, -0.05) is 25.0 Å². The van der Waals surface area contributed by atoms with Crippen LogP contribution in [0.15, 0.2) is 29.9 Å². The Bertz CT molecular complexity index is 1250. The van der Waals surface area contributed by atoms with E-state index < -0.39 is 6.04 Å². The number of ether oxygens (including phenoxy) is 1. The van der Waals surface area contributed by atoms with Crippen molar-refractivity contribution >= 4 is 35.0 Å². The van der Waals surface area contributed by atoms with Crippen LogP contribution in [0.3, 0.4) is 0 Å². The largest absolute Gasteiger partial charge is 0.488 e. The van der Waals surface area contributed by atoms with E-state index in [0.29, 0.717) is 55.9 Å². The average Bonchev–Trinajstić information content (AvgIpc) is 3.68. The first kappa shape index (κ1) is 28.1. The number of hydrogen-bond donors (Lipinski definition) is 2. The van der Waals surface area contributed by atoms with Gasteiger partial charge in [0.05, 0.1) is 24.3 Å². The number of likely N-dealkylation sites (tertiary alicyclic amines) is 1. The summed E-state index contributed by atoms with van der Waals surface area (Å²) in [5, 5.41) is 5.66. The molecule has 11 heteroatoms. The number of aromatic nitrogens is 1. The monoisotopic (exact) mass is 567 g/mol. The molecule has 3 aliphatic rings. The lowest BCUT2D eigenvalue weighted by Crippen LogP contribution is -2.50. The summed E-state index contributed by atoms with van der Waals surface area (Å²) in [5.41, 5.74) is 3.63. The lowest BCUT2D eigenvalue weighted by molar-refractivity contribution is -0.146. The van der Waals surface area contributed by atoms with Gasteiger partial charge in [0.25, 0.3) is 5.91 Å². The fourth-order valence-corrected chi connectivity index (χ4v) is 6.95. The molecule has 1 saturated carbocycles. The number of nitrogens with one attached hydrogen (secondary N) is 2. The molecule has 1 aromatic carbocycles. The van der Waals surface area contributed by atoms with Gasteiger partial charge in [-0.3, -0.25) is 24.2 Å². The van der Waals surface area contributed by atoms with Crippen LogP contribution in [0.2, 0.25) is 0 Å². The lowest BCUT2D eigenvalue weighted by Gasteiger charge is -2.42. The molecule has 2 aromatic rings. The zero-order chi connectivity index (χ0) is 28.2. The quantitative estimate of drug-likeness (QED) is 0.531. The summed E-state index contributed by atoms with van der Waals surface area (Å²) >= 11 is 1.33. The first-order valence-electron chi connectivity index (χ1n) is 14.1. The first-order valence-corrected chi connectivity index (χ1v) is 15.0. The zero-order valence-corrected chi connectivity index (χ0v) is 23.9. The number of carbonyl (C=O) groups excluding carboxylic acids is 4. The van der Waals surface area contributed by atoms with E-state index >= 15 is 0 Å². The Morgan fingerprint density at radius 1 is 1.10 bits per heavy atom. The second-order valence-electron chi connectivity index (χ2n) is 10.8. The molecule has 3 heterocycles. The molecule has 2 N–H and O–H groups in total. The van der Waals surface area contributed by atoms with E-state index in [1.165, 1.54) is 18.3 Å². The maximum Gasteiger partial charge on any atom is 0.265 e. The molecular weight excluding hydrogens is 530 g/mol. The standard InChI is InChI=1S/C29H37N5O5S/c1-18(35)32-14-23-26-19(10-13-34(23)28(37)22-8-4-3-7-21(22)27(36)30-2)6-5-9-24(26)39-20-11-12-33(16-20)29(38)25-15-31-17-40-25/h5-6,9,15,17,20-23H,3-4,7-8,10-14,16H2,1-2H3,(H,30,36)(H,32,35)/t20-,21-,22+,23+/m0/s1. The van der Waals surface area contributed by atoms with Gasteiger partial charge in [-0.05, 0) is 30.9 Å². The van der Waals surface area contributed by atoms with Gasteiger partial charge in [0, 0.05) is 57.4 Å². The van der Waals surface area contributed by atoms with Crippen LogP contribution in [0.4, 0.5) is 0 Å². The summed E-state index contributed by atoms with van der Waals surface area (Å²) in [6.45, 7) is 3.30. The third kappa shape index (κ3) is 5.84. The number of rotatable bonds is 7. The van der Waals surface area contributed by atoms with Crippen molar-refractivity contribution in [2.24, 2.45) is 11.8 Å². The van der Waals surface area contributed by atoms with Gasteiger partial charge in [-0.15, -0.1) is 11.3 Å². The second-order valence-corrected chi connectivity index (χ2v) is 11.7. The smallest absolute Gasteiger partial charge is 0.265 e. The number of carbonyl (C=O) groups is 4. The Kier molecular flexibility index (Phi) is 8.68. The van der Waals surface area contributed by atoms with Crippen molar-refractivity contribution in [3.63, 3.8) is 0 Å². The van der Waals surface area contributed by atoms with Crippen LogP contribution < -0.4 is 15.4 Å². The molecule has 4 atom stereocenters. The summed E-state index contributed by atoms with van der Waals surface area (Å²) in [7, 11) is 1.62. The summed E-state index contributed by atoms with van der Waals surface area (Å²) in [6.07, 6.45) is 5.98. The first-order chi connectivity index (χ1) is 19.4. The van der Waals surface area contributed by atoms with Gasteiger partial charge < -0.3 is 25.2 Å². The predicted molar refractivity (Wildman–Crippen MR) is 150 cm³/mol. The average molecular weight is 568 g/mol. The zero-order valence-electron chi connectivity index (χ0n) is 23.1. The van der Waals surface area contributed by atoms with E-state index in [1.807, 2.05) is 23.1 Å². The number of thiazole rings is 1. The Morgan fingerprint density at radius 2 is 1.90 bits per heavy atom. The molecule has 10 nitrogen and oxygen atoms in total. The highest BCUT2D eigenvalue weighted by atomic mass is 32.1. The van der Waals surface area contributed by atoms with Gasteiger partial charge in [-0.2, -0.15) is 0 Å². The number of hydrogen-bond acceptors (Lipinski definition) is 7. The van der Waals surface area contributed by atoms with Gasteiger partial charge >= 0.3 is 0 Å². The maximum absolute atomic E-state index is 14.1. The molecule has 214 valence electrons. The summed E-state index contributed by atoms with van der Waals surface area (Å²) in [4.78, 5) is 59.8. The van der Waals surface area contributed by atoms with Gasteiger partial charge in [0.1, 0.15) is 16.7 Å². The van der Waals surface area contributed by atoms with E-state index in [-0.39, 0.29) is 48.1 Å². The van der Waals surface area contributed by atoms with E-state index in [2.05, 4.69) is 15.6 Å². The molecular formula is C29H37N5O5S. The predicted octanol–water partition coefficient (Wildman–Crippen LogP) is 2.55. The molecule has 0 unspecified atom stereocenters. The number of benzene rings is 1. The molecule has 5 rings (SSSR count). The van der Waals surface area contributed by atoms with Gasteiger partial charge in [-0.25, -0.2) is 0 Å². The van der Waals surface area contributed by atoms with E-state index in [0.717, 1.165) is 24.0 Å². The van der Waals surface area contributed by atoms with E-state index in [1.54, 1.807) is 23.7 Å². The van der Waals surface area contributed by atoms with Crippen molar-refractivity contribution in [3.05, 3.63) is 45.9 Å². The SMILES string of the molecule is CNC(=O)[C@H]1CCCC[C@H]1C(=O)N1CCc2cccc(O[C@H]3CCN(C(=O)c4cncs4)C3)c2[C@H]1CNC(C)=O. The fraction of sp³-hybridized carbons (Fsp3) is 0.552. The molecule has 0 spiro atoms. The molecule has 2 fully saturated rings. The van der Waals surface area contributed by atoms with Crippen LogP contribution in [0.5, 0.6) is 5.75 Å². The Morgan fingerprint density at radius 3 is 2.62 bits per heavy atom. The van der Waals surface area contributed by atoms with Crippen molar-refractivity contribution in [2.45, 2.75) is 57.6 Å². The minimum Gasteiger partial charge on any atom is -0.488 e. The third-order valence-electron chi connectivity index (χ3n) is 8.35. The Labute approximate surface area is 238 Å². The second kappa shape index (κ2) is 12.4. The van der Waals surface area contributed by atoms with Crippen LogP contribution in [0, 0.1) is 11.8 Å². The number of nitrogens with zero attached hydrogens (tertiary/aromatic N) is 3. The van der Waals surface area contributed by atoms with Crippen molar-refractivity contribution in [1.29, 1.82) is 0 Å².